The van der Waals surface area contributed by atoms with Crippen LogP contribution in [0.2, 0.25) is 5.02 Å². The fraction of sp³-hybridized carbons (Fsp3) is 0.0476. The van der Waals surface area contributed by atoms with Crippen molar-refractivity contribution in [1.82, 2.24) is 10.2 Å². The first kappa shape index (κ1) is 19.0. The Kier molecular flexibility index (Phi) is 5.50. The standard InChI is InChI=1S/C21H18ClN5OS/c22-14-6-3-7-15(11-14)25-21-18(19(23)28)20(26-27-21)24-12-13-5-1-2-8-16(13)17-9-4-10-29-17/h1-11H,12H2,(H2,23,28)(H3,24,25,26,27). The molecule has 2 heterocycles. The molecule has 0 aliphatic carbocycles. The normalized spacial score (nSPS) is 10.7. The van der Waals surface area contributed by atoms with E-state index in [9.17, 15) is 4.79 Å². The van der Waals surface area contributed by atoms with Gasteiger partial charge in [0.2, 0.25) is 0 Å². The quantitative estimate of drug-likeness (QED) is 0.326. The lowest BCUT2D eigenvalue weighted by Gasteiger charge is -2.10. The molecule has 4 rings (SSSR count). The lowest BCUT2D eigenvalue weighted by Crippen LogP contribution is -2.15. The van der Waals surface area contributed by atoms with E-state index in [0.717, 1.165) is 11.1 Å². The SMILES string of the molecule is NC(=O)c1c(Nc2cccc(Cl)c2)n[nH]c1NCc1ccccc1-c1cccs1. The zero-order valence-corrected chi connectivity index (χ0v) is 16.8. The summed E-state index contributed by atoms with van der Waals surface area (Å²) in [6, 6.07) is 19.4. The number of nitrogens with one attached hydrogen (secondary N) is 3. The highest BCUT2D eigenvalue weighted by Gasteiger charge is 2.19. The summed E-state index contributed by atoms with van der Waals surface area (Å²) in [4.78, 5) is 13.3. The highest BCUT2D eigenvalue weighted by atomic mass is 35.5. The van der Waals surface area contributed by atoms with E-state index in [1.807, 2.05) is 41.8 Å². The van der Waals surface area contributed by atoms with E-state index in [4.69, 9.17) is 17.3 Å². The third-order valence-corrected chi connectivity index (χ3v) is 5.50. The van der Waals surface area contributed by atoms with Gasteiger partial charge < -0.3 is 16.4 Å². The second-order valence-electron chi connectivity index (χ2n) is 6.31. The molecule has 0 aliphatic rings. The molecule has 29 heavy (non-hydrogen) atoms. The molecule has 0 fully saturated rings. The van der Waals surface area contributed by atoms with E-state index in [2.05, 4.69) is 33.0 Å². The molecule has 0 aliphatic heterocycles. The van der Waals surface area contributed by atoms with E-state index in [1.165, 1.54) is 4.88 Å². The molecular weight excluding hydrogens is 406 g/mol. The van der Waals surface area contributed by atoms with Gasteiger partial charge in [-0.3, -0.25) is 9.89 Å². The van der Waals surface area contributed by atoms with E-state index < -0.39 is 5.91 Å². The Balaban J connectivity index is 1.57. The van der Waals surface area contributed by atoms with Gasteiger partial charge in [-0.25, -0.2) is 0 Å². The van der Waals surface area contributed by atoms with Crippen LogP contribution in [0.3, 0.4) is 0 Å². The molecular formula is C21H18ClN5OS. The summed E-state index contributed by atoms with van der Waals surface area (Å²) in [7, 11) is 0. The first-order chi connectivity index (χ1) is 14.1. The number of hydrogen-bond donors (Lipinski definition) is 4. The highest BCUT2D eigenvalue weighted by Crippen LogP contribution is 2.30. The van der Waals surface area contributed by atoms with Crippen molar-refractivity contribution in [2.24, 2.45) is 5.73 Å². The number of benzene rings is 2. The summed E-state index contributed by atoms with van der Waals surface area (Å²) in [6.45, 7) is 0.507. The number of thiophene rings is 1. The van der Waals surface area contributed by atoms with Crippen molar-refractivity contribution in [2.45, 2.75) is 6.54 Å². The van der Waals surface area contributed by atoms with E-state index in [-0.39, 0.29) is 5.56 Å². The number of H-pyrrole nitrogens is 1. The molecule has 0 saturated carbocycles. The third kappa shape index (κ3) is 4.26. The average molecular weight is 424 g/mol. The lowest BCUT2D eigenvalue weighted by atomic mass is 10.1. The van der Waals surface area contributed by atoms with E-state index in [0.29, 0.717) is 28.9 Å². The zero-order chi connectivity index (χ0) is 20.2. The van der Waals surface area contributed by atoms with Gasteiger partial charge in [0.05, 0.1) is 0 Å². The molecule has 1 amide bonds. The van der Waals surface area contributed by atoms with Gasteiger partial charge in [-0.2, -0.15) is 5.10 Å². The number of carbonyl (C=O) groups excluding carboxylic acids is 1. The topological polar surface area (TPSA) is 95.8 Å². The van der Waals surface area contributed by atoms with Crippen LogP contribution in [0.25, 0.3) is 10.4 Å². The number of hydrogen-bond acceptors (Lipinski definition) is 5. The van der Waals surface area contributed by atoms with Crippen LogP contribution in [-0.2, 0) is 6.54 Å². The fourth-order valence-corrected chi connectivity index (χ4v) is 4.01. The number of halogens is 1. The summed E-state index contributed by atoms with van der Waals surface area (Å²) >= 11 is 7.71. The molecule has 2 aromatic heterocycles. The number of rotatable bonds is 7. The van der Waals surface area contributed by atoms with Crippen LogP contribution in [0, 0.1) is 0 Å². The Labute approximate surface area is 176 Å². The molecule has 0 atom stereocenters. The summed E-state index contributed by atoms with van der Waals surface area (Å²) in [5.74, 6) is 0.217. The Morgan fingerprint density at radius 2 is 2.00 bits per heavy atom. The van der Waals surface area contributed by atoms with Crippen molar-refractivity contribution < 1.29 is 4.79 Å². The predicted molar refractivity (Wildman–Crippen MR) is 119 cm³/mol. The van der Waals surface area contributed by atoms with Gasteiger partial charge in [-0.1, -0.05) is 48.0 Å². The molecule has 6 nitrogen and oxygen atoms in total. The number of nitrogens with two attached hydrogens (primary N) is 1. The van der Waals surface area contributed by atoms with Crippen LogP contribution in [0.15, 0.2) is 66.0 Å². The van der Waals surface area contributed by atoms with Crippen molar-refractivity contribution in [1.29, 1.82) is 0 Å². The molecule has 146 valence electrons. The second-order valence-corrected chi connectivity index (χ2v) is 7.69. The largest absolute Gasteiger partial charge is 0.366 e. The number of primary amides is 1. The Morgan fingerprint density at radius 3 is 2.76 bits per heavy atom. The van der Waals surface area contributed by atoms with Crippen LogP contribution >= 0.6 is 22.9 Å². The van der Waals surface area contributed by atoms with Gasteiger partial charge in [-0.15, -0.1) is 11.3 Å². The van der Waals surface area contributed by atoms with Gasteiger partial charge >= 0.3 is 0 Å². The maximum Gasteiger partial charge on any atom is 0.256 e. The summed E-state index contributed by atoms with van der Waals surface area (Å²) in [5.41, 5.74) is 8.83. The van der Waals surface area contributed by atoms with Crippen LogP contribution in [0.1, 0.15) is 15.9 Å². The average Bonchev–Trinajstić information content (AvgIpc) is 3.37. The van der Waals surface area contributed by atoms with Gasteiger partial charge in [0, 0.05) is 22.1 Å². The number of anilines is 3. The number of aromatic amines is 1. The molecule has 0 spiro atoms. The first-order valence-electron chi connectivity index (χ1n) is 8.88. The molecule has 5 N–H and O–H groups in total. The summed E-state index contributed by atoms with van der Waals surface area (Å²) < 4.78 is 0. The van der Waals surface area contributed by atoms with Crippen molar-refractivity contribution >= 4 is 46.2 Å². The van der Waals surface area contributed by atoms with Gasteiger partial charge in [0.25, 0.3) is 5.91 Å². The molecule has 4 aromatic rings. The van der Waals surface area contributed by atoms with Crippen molar-refractivity contribution in [3.63, 3.8) is 0 Å². The van der Waals surface area contributed by atoms with Crippen molar-refractivity contribution in [3.05, 3.63) is 82.2 Å². The van der Waals surface area contributed by atoms with Gasteiger partial charge in [0.1, 0.15) is 11.4 Å². The smallest absolute Gasteiger partial charge is 0.256 e. The fourth-order valence-electron chi connectivity index (χ4n) is 3.03. The number of carbonyl (C=O) groups is 1. The van der Waals surface area contributed by atoms with Gasteiger partial charge in [0.15, 0.2) is 5.82 Å². The third-order valence-electron chi connectivity index (χ3n) is 4.36. The lowest BCUT2D eigenvalue weighted by molar-refractivity contribution is 0.100. The predicted octanol–water partition coefficient (Wildman–Crippen LogP) is 5.25. The molecule has 0 radical (unpaired) electrons. The maximum atomic E-state index is 12.1. The van der Waals surface area contributed by atoms with Crippen LogP contribution < -0.4 is 16.4 Å². The molecule has 2 aromatic carbocycles. The minimum atomic E-state index is -0.586. The number of aromatic nitrogens is 2. The van der Waals surface area contributed by atoms with Gasteiger partial charge in [-0.05, 0) is 40.8 Å². The summed E-state index contributed by atoms with van der Waals surface area (Å²) in [5, 5.41) is 16.0. The monoisotopic (exact) mass is 423 g/mol. The Morgan fingerprint density at radius 1 is 1.14 bits per heavy atom. The zero-order valence-electron chi connectivity index (χ0n) is 15.3. The highest BCUT2D eigenvalue weighted by molar-refractivity contribution is 7.13. The minimum absolute atomic E-state index is 0.263. The van der Waals surface area contributed by atoms with Crippen LogP contribution in [0.5, 0.6) is 0 Å². The van der Waals surface area contributed by atoms with Crippen LogP contribution in [0.4, 0.5) is 17.3 Å². The van der Waals surface area contributed by atoms with E-state index >= 15 is 0 Å². The number of amides is 1. The van der Waals surface area contributed by atoms with Crippen molar-refractivity contribution in [3.8, 4) is 10.4 Å². The van der Waals surface area contributed by atoms with E-state index in [1.54, 1.807) is 23.5 Å². The maximum absolute atomic E-state index is 12.1. The molecule has 0 saturated heterocycles. The summed E-state index contributed by atoms with van der Waals surface area (Å²) in [6.07, 6.45) is 0. The molecule has 0 unspecified atom stereocenters. The minimum Gasteiger partial charge on any atom is -0.366 e. The molecule has 8 heteroatoms. The number of nitrogens with zero attached hydrogens (tertiary/aromatic N) is 1. The second kappa shape index (κ2) is 8.38. The van der Waals surface area contributed by atoms with Crippen molar-refractivity contribution in [2.75, 3.05) is 10.6 Å². The Hall–Kier alpha value is -3.29. The van der Waals surface area contributed by atoms with Crippen LogP contribution in [-0.4, -0.2) is 16.1 Å². The molecule has 0 bridgehead atoms. The Bertz CT molecular complexity index is 1140. The first-order valence-corrected chi connectivity index (χ1v) is 10.1.